The minimum atomic E-state index is -0.159. The van der Waals surface area contributed by atoms with Gasteiger partial charge in [-0.3, -0.25) is 9.89 Å². The number of aromatic amines is 1. The molecule has 0 spiro atoms. The quantitative estimate of drug-likeness (QED) is 0.731. The zero-order valence-electron chi connectivity index (χ0n) is 8.65. The topological polar surface area (TPSA) is 96.7 Å². The van der Waals surface area contributed by atoms with Gasteiger partial charge in [-0.1, -0.05) is 11.3 Å². The number of amides is 1. The predicted molar refractivity (Wildman–Crippen MR) is 61.0 cm³/mol. The van der Waals surface area contributed by atoms with E-state index in [0.717, 1.165) is 5.56 Å². The van der Waals surface area contributed by atoms with Crippen LogP contribution in [0.25, 0.3) is 0 Å². The van der Waals surface area contributed by atoms with Crippen LogP contribution in [0.2, 0.25) is 0 Å². The molecule has 2 aromatic heterocycles. The van der Waals surface area contributed by atoms with Gasteiger partial charge in [0.1, 0.15) is 4.88 Å². The van der Waals surface area contributed by atoms with Gasteiger partial charge in [-0.15, -0.1) is 0 Å². The monoisotopic (exact) mass is 237 g/mol. The molecule has 0 radical (unpaired) electrons. The maximum absolute atomic E-state index is 11.7. The lowest BCUT2D eigenvalue weighted by Crippen LogP contribution is -2.22. The molecular weight excluding hydrogens is 226 g/mol. The molecule has 0 unspecified atom stereocenters. The number of carbonyl (C=O) groups excluding carboxylic acids is 1. The summed E-state index contributed by atoms with van der Waals surface area (Å²) in [6.07, 6.45) is 3.39. The molecule has 4 N–H and O–H groups in total. The van der Waals surface area contributed by atoms with Crippen molar-refractivity contribution < 1.29 is 4.79 Å². The fourth-order valence-corrected chi connectivity index (χ4v) is 2.01. The van der Waals surface area contributed by atoms with E-state index in [2.05, 4.69) is 20.5 Å². The fraction of sp³-hybridized carbons (Fsp3) is 0.222. The van der Waals surface area contributed by atoms with Gasteiger partial charge in [-0.2, -0.15) is 5.10 Å². The zero-order valence-corrected chi connectivity index (χ0v) is 9.47. The highest BCUT2D eigenvalue weighted by Gasteiger charge is 2.13. The number of thiazole rings is 1. The molecule has 0 saturated heterocycles. The van der Waals surface area contributed by atoms with Gasteiger partial charge in [-0.25, -0.2) is 4.98 Å². The minimum absolute atomic E-state index is 0.159. The molecule has 0 aliphatic heterocycles. The van der Waals surface area contributed by atoms with Crippen molar-refractivity contribution in [2.75, 3.05) is 5.73 Å². The molecule has 0 aliphatic carbocycles. The van der Waals surface area contributed by atoms with Crippen molar-refractivity contribution in [2.45, 2.75) is 13.5 Å². The van der Waals surface area contributed by atoms with E-state index in [1.165, 1.54) is 11.3 Å². The van der Waals surface area contributed by atoms with Crippen molar-refractivity contribution in [1.82, 2.24) is 20.5 Å². The average Bonchev–Trinajstić information content (AvgIpc) is 2.84. The Morgan fingerprint density at radius 3 is 3.06 bits per heavy atom. The summed E-state index contributed by atoms with van der Waals surface area (Å²) in [6.45, 7) is 2.20. The summed E-state index contributed by atoms with van der Waals surface area (Å²) in [6, 6.07) is 0. The van der Waals surface area contributed by atoms with E-state index in [0.29, 0.717) is 22.2 Å². The Hall–Kier alpha value is -1.89. The highest BCUT2D eigenvalue weighted by Crippen LogP contribution is 2.19. The molecule has 0 bridgehead atoms. The lowest BCUT2D eigenvalue weighted by molar-refractivity contribution is 0.0954. The zero-order chi connectivity index (χ0) is 11.5. The molecule has 6 nitrogen and oxygen atoms in total. The molecule has 0 aliphatic rings. The number of aryl methyl sites for hydroxylation is 1. The predicted octanol–water partition coefficient (Wildman–Crippen LogP) is 0.687. The first-order valence-electron chi connectivity index (χ1n) is 4.65. The third-order valence-electron chi connectivity index (χ3n) is 2.03. The Kier molecular flexibility index (Phi) is 2.86. The summed E-state index contributed by atoms with van der Waals surface area (Å²) in [5, 5.41) is 9.65. The van der Waals surface area contributed by atoms with E-state index in [9.17, 15) is 4.79 Å². The van der Waals surface area contributed by atoms with E-state index in [1.807, 2.05) is 0 Å². The highest BCUT2D eigenvalue weighted by atomic mass is 32.1. The first kappa shape index (κ1) is 10.6. The molecule has 2 aromatic rings. The van der Waals surface area contributed by atoms with Gasteiger partial charge in [0.25, 0.3) is 5.91 Å². The van der Waals surface area contributed by atoms with Crippen molar-refractivity contribution >= 4 is 22.4 Å². The van der Waals surface area contributed by atoms with Crippen LogP contribution in [0.3, 0.4) is 0 Å². The molecule has 0 aromatic carbocycles. The Balaban J connectivity index is 2.01. The second-order valence-corrected chi connectivity index (χ2v) is 4.29. The summed E-state index contributed by atoms with van der Waals surface area (Å²) in [5.74, 6) is -0.159. The van der Waals surface area contributed by atoms with Crippen LogP contribution in [-0.2, 0) is 6.54 Å². The maximum Gasteiger partial charge on any atom is 0.263 e. The van der Waals surface area contributed by atoms with Gasteiger partial charge in [0.05, 0.1) is 11.9 Å². The second kappa shape index (κ2) is 4.31. The molecule has 84 valence electrons. The number of anilines is 1. The summed E-state index contributed by atoms with van der Waals surface area (Å²) in [4.78, 5) is 16.3. The van der Waals surface area contributed by atoms with Crippen LogP contribution in [-0.4, -0.2) is 21.1 Å². The summed E-state index contributed by atoms with van der Waals surface area (Å²) < 4.78 is 0. The van der Waals surface area contributed by atoms with Gasteiger partial charge in [-0.05, 0) is 6.92 Å². The van der Waals surface area contributed by atoms with Gasteiger partial charge in [0.15, 0.2) is 5.13 Å². The molecule has 0 atom stereocenters. The molecule has 0 fully saturated rings. The number of hydrogen-bond donors (Lipinski definition) is 3. The Bertz CT molecular complexity index is 490. The van der Waals surface area contributed by atoms with Crippen LogP contribution in [0.4, 0.5) is 5.13 Å². The van der Waals surface area contributed by atoms with E-state index in [1.54, 1.807) is 19.3 Å². The first-order chi connectivity index (χ1) is 7.66. The van der Waals surface area contributed by atoms with Crippen molar-refractivity contribution in [3.05, 3.63) is 28.5 Å². The second-order valence-electron chi connectivity index (χ2n) is 3.26. The number of rotatable bonds is 3. The fourth-order valence-electron chi connectivity index (χ4n) is 1.26. The molecule has 2 heterocycles. The number of nitrogens with two attached hydrogens (primary N) is 1. The lowest BCUT2D eigenvalue weighted by atomic mass is 10.3. The largest absolute Gasteiger partial charge is 0.375 e. The number of nitrogen functional groups attached to an aromatic ring is 1. The van der Waals surface area contributed by atoms with Crippen LogP contribution >= 0.6 is 11.3 Å². The van der Waals surface area contributed by atoms with Crippen LogP contribution < -0.4 is 11.1 Å². The standard InChI is InChI=1S/C9H11N5OS/c1-5-7(16-9(10)14-5)8(15)11-2-6-3-12-13-4-6/h3-4H,2H2,1H3,(H2,10,14)(H,11,15)(H,12,13). The normalized spacial score (nSPS) is 10.3. The summed E-state index contributed by atoms with van der Waals surface area (Å²) in [7, 11) is 0. The molecule has 1 amide bonds. The van der Waals surface area contributed by atoms with Crippen molar-refractivity contribution in [3.8, 4) is 0 Å². The third kappa shape index (κ3) is 2.19. The highest BCUT2D eigenvalue weighted by molar-refractivity contribution is 7.17. The van der Waals surface area contributed by atoms with Crippen LogP contribution in [0.5, 0.6) is 0 Å². The van der Waals surface area contributed by atoms with E-state index < -0.39 is 0 Å². The molecule has 7 heteroatoms. The maximum atomic E-state index is 11.7. The van der Waals surface area contributed by atoms with Gasteiger partial charge >= 0.3 is 0 Å². The molecule has 0 saturated carbocycles. The third-order valence-corrected chi connectivity index (χ3v) is 3.01. The SMILES string of the molecule is Cc1nc(N)sc1C(=O)NCc1cn[nH]c1. The minimum Gasteiger partial charge on any atom is -0.375 e. The van der Waals surface area contributed by atoms with Gasteiger partial charge in [0, 0.05) is 18.3 Å². The molecule has 2 rings (SSSR count). The molecule has 16 heavy (non-hydrogen) atoms. The van der Waals surface area contributed by atoms with Gasteiger partial charge < -0.3 is 11.1 Å². The Morgan fingerprint density at radius 2 is 2.50 bits per heavy atom. The van der Waals surface area contributed by atoms with Crippen molar-refractivity contribution in [2.24, 2.45) is 0 Å². The van der Waals surface area contributed by atoms with Crippen LogP contribution in [0.15, 0.2) is 12.4 Å². The van der Waals surface area contributed by atoms with Gasteiger partial charge in [0.2, 0.25) is 0 Å². The number of hydrogen-bond acceptors (Lipinski definition) is 5. The number of carbonyl (C=O) groups is 1. The van der Waals surface area contributed by atoms with E-state index >= 15 is 0 Å². The smallest absolute Gasteiger partial charge is 0.263 e. The molecular formula is C9H11N5OS. The van der Waals surface area contributed by atoms with Crippen molar-refractivity contribution in [1.29, 1.82) is 0 Å². The Morgan fingerprint density at radius 1 is 1.69 bits per heavy atom. The Labute approximate surface area is 95.9 Å². The first-order valence-corrected chi connectivity index (χ1v) is 5.47. The number of aromatic nitrogens is 3. The van der Waals surface area contributed by atoms with Crippen LogP contribution in [0, 0.1) is 6.92 Å². The summed E-state index contributed by atoms with van der Waals surface area (Å²) >= 11 is 1.19. The summed E-state index contributed by atoms with van der Waals surface area (Å²) in [5.41, 5.74) is 7.10. The average molecular weight is 237 g/mol. The number of nitrogens with one attached hydrogen (secondary N) is 2. The number of H-pyrrole nitrogens is 1. The van der Waals surface area contributed by atoms with E-state index in [4.69, 9.17) is 5.73 Å². The van der Waals surface area contributed by atoms with E-state index in [-0.39, 0.29) is 5.91 Å². The van der Waals surface area contributed by atoms with Crippen molar-refractivity contribution in [3.63, 3.8) is 0 Å². The lowest BCUT2D eigenvalue weighted by Gasteiger charge is -2.01. The number of nitrogens with zero attached hydrogens (tertiary/aromatic N) is 2. The van der Waals surface area contributed by atoms with Crippen LogP contribution in [0.1, 0.15) is 20.9 Å².